The van der Waals surface area contributed by atoms with E-state index in [4.69, 9.17) is 0 Å². The lowest BCUT2D eigenvalue weighted by molar-refractivity contribution is -0.385. The maximum atomic E-state index is 12.4. The first kappa shape index (κ1) is 22.2. The van der Waals surface area contributed by atoms with Crippen LogP contribution >= 0.6 is 11.8 Å². The highest BCUT2D eigenvalue weighted by atomic mass is 32.2. The molecule has 0 aliphatic carbocycles. The molecule has 9 heteroatoms. The monoisotopic (exact) mass is 460 g/mol. The Morgan fingerprint density at radius 3 is 2.52 bits per heavy atom. The van der Waals surface area contributed by atoms with Crippen molar-refractivity contribution in [2.45, 2.75) is 11.9 Å². The lowest BCUT2D eigenvalue weighted by Gasteiger charge is -2.24. The van der Waals surface area contributed by atoms with Crippen LogP contribution in [0, 0.1) is 10.1 Å². The smallest absolute Gasteiger partial charge is 0.278 e. The maximum absolute atomic E-state index is 12.4. The number of amides is 2. The summed E-state index contributed by atoms with van der Waals surface area (Å²) in [5.41, 5.74) is 4.97. The zero-order valence-electron chi connectivity index (χ0n) is 17.5. The summed E-state index contributed by atoms with van der Waals surface area (Å²) >= 11 is 1.56. The van der Waals surface area contributed by atoms with Crippen molar-refractivity contribution in [2.24, 2.45) is 5.10 Å². The van der Waals surface area contributed by atoms with Gasteiger partial charge >= 0.3 is 0 Å². The fraction of sp³-hybridized carbons (Fsp3) is 0.125. The van der Waals surface area contributed by atoms with Gasteiger partial charge < -0.3 is 4.90 Å². The molecule has 0 unspecified atom stereocenters. The molecule has 4 rings (SSSR count). The predicted octanol–water partition coefficient (Wildman–Crippen LogP) is 4.13. The van der Waals surface area contributed by atoms with Gasteiger partial charge in [-0.1, -0.05) is 54.6 Å². The van der Waals surface area contributed by atoms with Crippen LogP contribution in [0.15, 0.2) is 84.0 Å². The fourth-order valence-electron chi connectivity index (χ4n) is 3.47. The minimum Gasteiger partial charge on any atom is -0.322 e. The number of nitro benzene ring substituents is 1. The minimum absolute atomic E-state index is 0.0833. The summed E-state index contributed by atoms with van der Waals surface area (Å²) in [5, 5.41) is 14.8. The van der Waals surface area contributed by atoms with Gasteiger partial charge in [-0.05, 0) is 29.3 Å². The number of hydrogen-bond donors (Lipinski definition) is 1. The normalized spacial score (nSPS) is 15.7. The maximum Gasteiger partial charge on any atom is 0.278 e. The number of benzene rings is 3. The van der Waals surface area contributed by atoms with Crippen molar-refractivity contribution in [2.75, 3.05) is 5.75 Å². The van der Waals surface area contributed by atoms with Gasteiger partial charge in [-0.15, -0.1) is 11.8 Å². The van der Waals surface area contributed by atoms with Gasteiger partial charge in [0.05, 0.1) is 22.5 Å². The number of nitrogens with one attached hydrogen (secondary N) is 1. The Bertz CT molecular complexity index is 1200. The number of hydrazone groups is 1. The highest BCUT2D eigenvalue weighted by Crippen LogP contribution is 2.39. The Labute approximate surface area is 194 Å². The van der Waals surface area contributed by atoms with Crippen molar-refractivity contribution in [3.05, 3.63) is 111 Å². The van der Waals surface area contributed by atoms with Gasteiger partial charge in [0, 0.05) is 18.2 Å². The second-order valence-electron chi connectivity index (χ2n) is 7.31. The van der Waals surface area contributed by atoms with Crippen LogP contribution in [0.1, 0.15) is 32.4 Å². The van der Waals surface area contributed by atoms with E-state index in [2.05, 4.69) is 10.5 Å². The number of carbonyl (C=O) groups is 2. The summed E-state index contributed by atoms with van der Waals surface area (Å²) in [4.78, 5) is 37.2. The zero-order valence-corrected chi connectivity index (χ0v) is 18.3. The van der Waals surface area contributed by atoms with Crippen LogP contribution in [-0.4, -0.2) is 33.6 Å². The number of carbonyl (C=O) groups excluding carboxylic acids is 2. The van der Waals surface area contributed by atoms with Crippen molar-refractivity contribution in [3.8, 4) is 0 Å². The highest BCUT2D eigenvalue weighted by molar-refractivity contribution is 8.00. The third-order valence-corrected chi connectivity index (χ3v) is 6.38. The van der Waals surface area contributed by atoms with Crippen LogP contribution in [-0.2, 0) is 11.3 Å². The van der Waals surface area contributed by atoms with E-state index in [0.717, 1.165) is 11.1 Å². The molecule has 33 heavy (non-hydrogen) atoms. The van der Waals surface area contributed by atoms with Crippen molar-refractivity contribution in [1.29, 1.82) is 0 Å². The SMILES string of the molecule is O=C(N/N=C\c1ccccc1[N+](=O)[O-])c1ccc([C@H]2SCC(=O)N2Cc2ccccc2)cc1. The predicted molar refractivity (Wildman–Crippen MR) is 127 cm³/mol. The molecule has 2 amide bonds. The van der Waals surface area contributed by atoms with E-state index in [9.17, 15) is 19.7 Å². The molecule has 1 N–H and O–H groups in total. The molecule has 1 aliphatic rings. The minimum atomic E-state index is -0.505. The molecule has 8 nitrogen and oxygen atoms in total. The number of nitrogens with zero attached hydrogens (tertiary/aromatic N) is 3. The second-order valence-corrected chi connectivity index (χ2v) is 8.38. The first-order chi connectivity index (χ1) is 16.0. The third kappa shape index (κ3) is 5.27. The van der Waals surface area contributed by atoms with E-state index >= 15 is 0 Å². The Kier molecular flexibility index (Phi) is 6.80. The third-order valence-electron chi connectivity index (χ3n) is 5.13. The summed E-state index contributed by atoms with van der Waals surface area (Å²) in [6, 6.07) is 23.0. The van der Waals surface area contributed by atoms with E-state index in [0.29, 0.717) is 23.4 Å². The molecule has 1 aliphatic heterocycles. The molecule has 0 spiro atoms. The quantitative estimate of drug-likeness (QED) is 0.324. The first-order valence-corrected chi connectivity index (χ1v) is 11.2. The molecule has 0 bridgehead atoms. The van der Waals surface area contributed by atoms with E-state index in [1.165, 1.54) is 12.3 Å². The van der Waals surface area contributed by atoms with Crippen molar-refractivity contribution >= 4 is 35.5 Å². The molecule has 0 radical (unpaired) electrons. The van der Waals surface area contributed by atoms with Crippen molar-refractivity contribution in [1.82, 2.24) is 10.3 Å². The number of nitro groups is 1. The largest absolute Gasteiger partial charge is 0.322 e. The van der Waals surface area contributed by atoms with Crippen LogP contribution in [0.5, 0.6) is 0 Å². The summed E-state index contributed by atoms with van der Waals surface area (Å²) in [5.74, 6) is 0.0628. The summed E-state index contributed by atoms with van der Waals surface area (Å²) in [7, 11) is 0. The van der Waals surface area contributed by atoms with Crippen LogP contribution in [0.3, 0.4) is 0 Å². The fourth-order valence-corrected chi connectivity index (χ4v) is 4.66. The molecular formula is C24H20N4O4S. The van der Waals surface area contributed by atoms with Crippen molar-refractivity contribution < 1.29 is 14.5 Å². The first-order valence-electron chi connectivity index (χ1n) is 10.1. The van der Waals surface area contributed by atoms with Crippen molar-refractivity contribution in [3.63, 3.8) is 0 Å². The number of rotatable bonds is 7. The van der Waals surface area contributed by atoms with Crippen LogP contribution in [0.25, 0.3) is 0 Å². The van der Waals surface area contributed by atoms with Gasteiger partial charge in [0.25, 0.3) is 11.6 Å². The molecule has 1 saturated heterocycles. The Morgan fingerprint density at radius 2 is 1.79 bits per heavy atom. The van der Waals surface area contributed by atoms with Gasteiger partial charge in [-0.25, -0.2) is 5.43 Å². The average molecular weight is 461 g/mol. The van der Waals surface area contributed by atoms with E-state index in [1.807, 2.05) is 47.4 Å². The van der Waals surface area contributed by atoms with E-state index in [1.54, 1.807) is 42.1 Å². The van der Waals surface area contributed by atoms with Gasteiger partial charge in [0.15, 0.2) is 0 Å². The standard InChI is InChI=1S/C24H20N4O4S/c29-22-16-33-24(27(22)15-17-6-2-1-3-7-17)19-12-10-18(11-13-19)23(30)26-25-14-20-8-4-5-9-21(20)28(31)32/h1-14,24H,15-16H2,(H,26,30)/b25-14-/t24-/m1/s1. The summed E-state index contributed by atoms with van der Waals surface area (Å²) in [6.45, 7) is 0.528. The Hall–Kier alpha value is -3.98. The van der Waals surface area contributed by atoms with Gasteiger partial charge in [-0.2, -0.15) is 5.10 Å². The molecule has 1 fully saturated rings. The Balaban J connectivity index is 1.42. The van der Waals surface area contributed by atoms with E-state index in [-0.39, 0.29) is 17.0 Å². The second kappa shape index (κ2) is 10.1. The lowest BCUT2D eigenvalue weighted by atomic mass is 10.1. The number of thioether (sulfide) groups is 1. The lowest BCUT2D eigenvalue weighted by Crippen LogP contribution is -2.27. The molecule has 1 atom stereocenters. The summed E-state index contributed by atoms with van der Waals surface area (Å²) in [6.07, 6.45) is 1.24. The molecule has 1 heterocycles. The highest BCUT2D eigenvalue weighted by Gasteiger charge is 2.32. The molecular weight excluding hydrogens is 440 g/mol. The number of hydrogen-bond acceptors (Lipinski definition) is 6. The van der Waals surface area contributed by atoms with E-state index < -0.39 is 10.8 Å². The molecule has 3 aromatic carbocycles. The molecule has 3 aromatic rings. The van der Waals surface area contributed by atoms with Crippen LogP contribution < -0.4 is 5.43 Å². The van der Waals surface area contributed by atoms with Gasteiger partial charge in [-0.3, -0.25) is 19.7 Å². The topological polar surface area (TPSA) is 105 Å². The van der Waals surface area contributed by atoms with Crippen LogP contribution in [0.4, 0.5) is 5.69 Å². The Morgan fingerprint density at radius 1 is 1.09 bits per heavy atom. The molecule has 0 aromatic heterocycles. The molecule has 166 valence electrons. The van der Waals surface area contributed by atoms with Crippen LogP contribution in [0.2, 0.25) is 0 Å². The average Bonchev–Trinajstić information content (AvgIpc) is 3.20. The zero-order chi connectivity index (χ0) is 23.2. The van der Waals surface area contributed by atoms with Gasteiger partial charge in [0.2, 0.25) is 5.91 Å². The molecule has 0 saturated carbocycles. The summed E-state index contributed by atoms with van der Waals surface area (Å²) < 4.78 is 0. The number of para-hydroxylation sites is 1. The van der Waals surface area contributed by atoms with Gasteiger partial charge in [0.1, 0.15) is 5.37 Å².